The number of thiophene rings is 1. The third kappa shape index (κ3) is 5.26. The minimum absolute atomic E-state index is 0.114. The lowest BCUT2D eigenvalue weighted by molar-refractivity contribution is 0.0528. The van der Waals surface area contributed by atoms with Crippen LogP contribution in [0.1, 0.15) is 34.0 Å². The molecule has 5 nitrogen and oxygen atoms in total. The Bertz CT molecular complexity index is 1310. The Labute approximate surface area is 199 Å². The van der Waals surface area contributed by atoms with Crippen molar-refractivity contribution in [1.82, 2.24) is 4.98 Å². The summed E-state index contributed by atoms with van der Waals surface area (Å²) >= 11 is 7.73. The standard InChI is InChI=1S/C25H21ClFNO4S/c1-3-30-25(29)20-11-28-24(26)22-17(14-33-23(20)22)13-32-19-9-15(2)8-18(10-19)31-12-16-6-4-5-7-21(16)27/h4-11,14H,3,12-13H2,1-2H3. The Balaban J connectivity index is 1.52. The SMILES string of the molecule is CCOC(=O)c1cnc(Cl)c2c(COc3cc(C)cc(OCc4ccccc4F)c3)csc12. The Morgan fingerprint density at radius 1 is 1.09 bits per heavy atom. The average Bonchev–Trinajstić information content (AvgIpc) is 3.22. The molecule has 0 fully saturated rings. The molecule has 0 aliphatic heterocycles. The molecule has 0 aliphatic carbocycles. The van der Waals surface area contributed by atoms with Crippen LogP contribution in [0.2, 0.25) is 5.15 Å². The van der Waals surface area contributed by atoms with Crippen LogP contribution in [0, 0.1) is 12.7 Å². The number of hydrogen-bond donors (Lipinski definition) is 0. The van der Waals surface area contributed by atoms with Crippen molar-refractivity contribution in [3.63, 3.8) is 0 Å². The summed E-state index contributed by atoms with van der Waals surface area (Å²) in [6.45, 7) is 4.29. The van der Waals surface area contributed by atoms with Crippen LogP contribution in [-0.2, 0) is 18.0 Å². The van der Waals surface area contributed by atoms with Gasteiger partial charge in [0.25, 0.3) is 0 Å². The van der Waals surface area contributed by atoms with Crippen LogP contribution >= 0.6 is 22.9 Å². The van der Waals surface area contributed by atoms with Crippen molar-refractivity contribution in [3.05, 3.63) is 87.3 Å². The number of carbonyl (C=O) groups is 1. The van der Waals surface area contributed by atoms with Crippen LogP contribution in [-0.4, -0.2) is 17.6 Å². The quantitative estimate of drug-likeness (QED) is 0.204. The largest absolute Gasteiger partial charge is 0.489 e. The molecule has 2 aromatic heterocycles. The van der Waals surface area contributed by atoms with Crippen molar-refractivity contribution in [3.8, 4) is 11.5 Å². The van der Waals surface area contributed by atoms with Crippen molar-refractivity contribution in [1.29, 1.82) is 0 Å². The summed E-state index contributed by atoms with van der Waals surface area (Å²) in [5.41, 5.74) is 2.61. The maximum atomic E-state index is 13.9. The third-order valence-electron chi connectivity index (χ3n) is 4.89. The zero-order valence-corrected chi connectivity index (χ0v) is 19.6. The summed E-state index contributed by atoms with van der Waals surface area (Å²) in [6, 6.07) is 12.0. The van der Waals surface area contributed by atoms with E-state index in [1.165, 1.54) is 23.6 Å². The first-order valence-electron chi connectivity index (χ1n) is 10.3. The number of benzene rings is 2. The van der Waals surface area contributed by atoms with E-state index in [2.05, 4.69) is 4.98 Å². The number of aryl methyl sites for hydroxylation is 1. The van der Waals surface area contributed by atoms with Crippen molar-refractivity contribution in [2.45, 2.75) is 27.1 Å². The van der Waals surface area contributed by atoms with Crippen LogP contribution in [0.3, 0.4) is 0 Å². The van der Waals surface area contributed by atoms with Crippen LogP contribution in [0.25, 0.3) is 10.1 Å². The molecule has 2 aromatic carbocycles. The van der Waals surface area contributed by atoms with Crippen molar-refractivity contribution >= 4 is 39.0 Å². The molecule has 2 heterocycles. The third-order valence-corrected chi connectivity index (χ3v) is 6.24. The van der Waals surface area contributed by atoms with Gasteiger partial charge in [-0.1, -0.05) is 29.8 Å². The molecule has 0 bridgehead atoms. The van der Waals surface area contributed by atoms with Gasteiger partial charge in [-0.05, 0) is 43.0 Å². The molecule has 8 heteroatoms. The lowest BCUT2D eigenvalue weighted by Crippen LogP contribution is -2.05. The van der Waals surface area contributed by atoms with Gasteiger partial charge < -0.3 is 14.2 Å². The summed E-state index contributed by atoms with van der Waals surface area (Å²) in [5, 5.41) is 2.87. The molecule has 0 unspecified atom stereocenters. The van der Waals surface area contributed by atoms with Crippen LogP contribution < -0.4 is 9.47 Å². The normalized spacial score (nSPS) is 10.9. The van der Waals surface area contributed by atoms with E-state index in [4.69, 9.17) is 25.8 Å². The van der Waals surface area contributed by atoms with Crippen molar-refractivity contribution in [2.75, 3.05) is 6.61 Å². The second-order valence-electron chi connectivity index (χ2n) is 7.30. The lowest BCUT2D eigenvalue weighted by atomic mass is 10.1. The number of nitrogens with zero attached hydrogens (tertiary/aromatic N) is 1. The number of ether oxygens (including phenoxy) is 3. The number of esters is 1. The van der Waals surface area contributed by atoms with E-state index in [9.17, 15) is 9.18 Å². The molecule has 0 N–H and O–H groups in total. The zero-order chi connectivity index (χ0) is 23.4. The van der Waals surface area contributed by atoms with Gasteiger partial charge in [0.15, 0.2) is 0 Å². The number of aromatic nitrogens is 1. The highest BCUT2D eigenvalue weighted by molar-refractivity contribution is 7.17. The van der Waals surface area contributed by atoms with Crippen molar-refractivity contribution in [2.24, 2.45) is 0 Å². The molecule has 0 amide bonds. The Hall–Kier alpha value is -3.16. The highest BCUT2D eigenvalue weighted by Gasteiger charge is 2.19. The first-order valence-corrected chi connectivity index (χ1v) is 11.5. The molecular weight excluding hydrogens is 465 g/mol. The average molecular weight is 486 g/mol. The minimum Gasteiger partial charge on any atom is -0.489 e. The Kier molecular flexibility index (Phi) is 7.11. The zero-order valence-electron chi connectivity index (χ0n) is 18.1. The highest BCUT2D eigenvalue weighted by Crippen LogP contribution is 2.35. The van der Waals surface area contributed by atoms with Gasteiger partial charge >= 0.3 is 5.97 Å². The first kappa shape index (κ1) is 23.0. The molecular formula is C25H21ClFNO4S. The minimum atomic E-state index is -0.434. The molecule has 4 aromatic rings. The summed E-state index contributed by atoms with van der Waals surface area (Å²) < 4.78 is 31.5. The topological polar surface area (TPSA) is 57.7 Å². The fraction of sp³-hybridized carbons (Fsp3) is 0.200. The van der Waals surface area contributed by atoms with E-state index in [1.807, 2.05) is 24.4 Å². The summed E-state index contributed by atoms with van der Waals surface area (Å²) in [6.07, 6.45) is 1.43. The van der Waals surface area contributed by atoms with E-state index in [1.54, 1.807) is 31.2 Å². The molecule has 170 valence electrons. The summed E-state index contributed by atoms with van der Waals surface area (Å²) in [4.78, 5) is 16.4. The molecule has 0 spiro atoms. The van der Waals surface area contributed by atoms with Gasteiger partial charge in [-0.25, -0.2) is 14.2 Å². The first-order chi connectivity index (χ1) is 16.0. The molecule has 0 saturated carbocycles. The van der Waals surface area contributed by atoms with Gasteiger partial charge in [-0.3, -0.25) is 0 Å². The lowest BCUT2D eigenvalue weighted by Gasteiger charge is -2.12. The predicted octanol–water partition coefficient (Wildman–Crippen LogP) is 6.73. The van der Waals surface area contributed by atoms with Gasteiger partial charge in [0.1, 0.15) is 35.7 Å². The van der Waals surface area contributed by atoms with Crippen molar-refractivity contribution < 1.29 is 23.4 Å². The monoisotopic (exact) mass is 485 g/mol. The molecule has 0 saturated heterocycles. The summed E-state index contributed by atoms with van der Waals surface area (Å²) in [5.74, 6) is 0.436. The maximum absolute atomic E-state index is 13.9. The van der Waals surface area contributed by atoms with Crippen LogP contribution in [0.5, 0.6) is 11.5 Å². The molecule has 0 atom stereocenters. The van der Waals surface area contributed by atoms with Crippen LogP contribution in [0.15, 0.2) is 54.0 Å². The number of fused-ring (bicyclic) bond motifs is 1. The van der Waals surface area contributed by atoms with Gasteiger partial charge in [0.2, 0.25) is 0 Å². The van der Waals surface area contributed by atoms with E-state index in [0.29, 0.717) is 37.9 Å². The summed E-state index contributed by atoms with van der Waals surface area (Å²) in [7, 11) is 0. The van der Waals surface area contributed by atoms with Gasteiger partial charge in [0, 0.05) is 28.8 Å². The number of hydrogen-bond acceptors (Lipinski definition) is 6. The highest BCUT2D eigenvalue weighted by atomic mass is 35.5. The van der Waals surface area contributed by atoms with E-state index < -0.39 is 5.97 Å². The van der Waals surface area contributed by atoms with Gasteiger partial charge in [0.05, 0.1) is 16.9 Å². The van der Waals surface area contributed by atoms with E-state index in [0.717, 1.165) is 11.1 Å². The Morgan fingerprint density at radius 3 is 2.48 bits per heavy atom. The second kappa shape index (κ2) is 10.2. The molecule has 4 rings (SSSR count). The van der Waals surface area contributed by atoms with E-state index >= 15 is 0 Å². The van der Waals surface area contributed by atoms with Crippen LogP contribution in [0.4, 0.5) is 4.39 Å². The number of pyridine rings is 1. The molecule has 0 aliphatic rings. The predicted molar refractivity (Wildman–Crippen MR) is 127 cm³/mol. The van der Waals surface area contributed by atoms with E-state index in [-0.39, 0.29) is 25.6 Å². The number of carbonyl (C=O) groups excluding carboxylic acids is 1. The fourth-order valence-corrected chi connectivity index (χ4v) is 4.72. The Morgan fingerprint density at radius 2 is 1.79 bits per heavy atom. The number of halogens is 2. The smallest absolute Gasteiger partial charge is 0.341 e. The second-order valence-corrected chi connectivity index (χ2v) is 8.54. The van der Waals surface area contributed by atoms with Gasteiger partial charge in [-0.15, -0.1) is 11.3 Å². The molecule has 33 heavy (non-hydrogen) atoms. The number of rotatable bonds is 8. The molecule has 0 radical (unpaired) electrons. The van der Waals surface area contributed by atoms with Gasteiger partial charge in [-0.2, -0.15) is 0 Å². The maximum Gasteiger partial charge on any atom is 0.341 e. The fourth-order valence-electron chi connectivity index (χ4n) is 3.34.